The van der Waals surface area contributed by atoms with Crippen LogP contribution in [0.25, 0.3) is 49.7 Å². The second-order valence-electron chi connectivity index (χ2n) is 11.2. The largest absolute Gasteiger partial charge is 0.309 e. The molecule has 5 aromatic carbocycles. The van der Waals surface area contributed by atoms with Crippen molar-refractivity contribution in [3.63, 3.8) is 0 Å². The van der Waals surface area contributed by atoms with Crippen LogP contribution in [0.4, 0.5) is 0 Å². The van der Waals surface area contributed by atoms with E-state index in [2.05, 4.69) is 138 Å². The molecule has 1 aromatic heterocycles. The van der Waals surface area contributed by atoms with Gasteiger partial charge in [-0.15, -0.1) is 0 Å². The van der Waals surface area contributed by atoms with Gasteiger partial charge in [0.15, 0.2) is 0 Å². The van der Waals surface area contributed by atoms with E-state index in [9.17, 15) is 0 Å². The van der Waals surface area contributed by atoms with Crippen molar-refractivity contribution < 1.29 is 0 Å². The quantitative estimate of drug-likeness (QED) is 0.231. The van der Waals surface area contributed by atoms with Gasteiger partial charge in [-0.25, -0.2) is 0 Å². The zero-order valence-electron chi connectivity index (χ0n) is 23.5. The molecule has 0 saturated carbocycles. The molecule has 0 atom stereocenters. The third kappa shape index (κ3) is 3.94. The Balaban J connectivity index is 1.68. The topological polar surface area (TPSA) is 4.93 Å². The summed E-state index contributed by atoms with van der Waals surface area (Å²) in [6.07, 6.45) is 0. The van der Waals surface area contributed by atoms with Crippen LogP contribution in [-0.2, 0) is 0 Å². The summed E-state index contributed by atoms with van der Waals surface area (Å²) in [6, 6.07) is 32.1. The van der Waals surface area contributed by atoms with Gasteiger partial charge in [0.1, 0.15) is 0 Å². The molecule has 0 fully saturated rings. The molecule has 0 N–H and O–H groups in total. The van der Waals surface area contributed by atoms with Crippen LogP contribution in [0.1, 0.15) is 38.9 Å². The molecule has 188 valence electrons. The van der Waals surface area contributed by atoms with Crippen molar-refractivity contribution in [3.05, 3.63) is 124 Å². The number of benzene rings is 5. The molecule has 0 radical (unpaired) electrons. The van der Waals surface area contributed by atoms with E-state index in [0.29, 0.717) is 0 Å². The van der Waals surface area contributed by atoms with Gasteiger partial charge < -0.3 is 4.57 Å². The zero-order chi connectivity index (χ0) is 26.7. The van der Waals surface area contributed by atoms with E-state index >= 15 is 0 Å². The fourth-order valence-electron chi connectivity index (χ4n) is 6.58. The second-order valence-corrected chi connectivity index (χ2v) is 11.2. The fraction of sp³-hybridized carbons (Fsp3) is 0.189. The molecule has 1 heterocycles. The maximum Gasteiger partial charge on any atom is 0.0541 e. The van der Waals surface area contributed by atoms with E-state index in [-0.39, 0.29) is 0 Å². The maximum atomic E-state index is 2.42. The van der Waals surface area contributed by atoms with Crippen molar-refractivity contribution in [1.29, 1.82) is 0 Å². The van der Waals surface area contributed by atoms with Crippen LogP contribution < -0.4 is 0 Å². The first kappa shape index (κ1) is 24.2. The molecule has 0 spiro atoms. The zero-order valence-corrected chi connectivity index (χ0v) is 23.5. The highest BCUT2D eigenvalue weighted by atomic mass is 15.0. The van der Waals surface area contributed by atoms with Gasteiger partial charge in [-0.1, -0.05) is 65.2 Å². The van der Waals surface area contributed by atoms with Gasteiger partial charge in [-0.05, 0) is 129 Å². The molecule has 0 amide bonds. The Hall–Kier alpha value is -4.10. The molecule has 0 bridgehead atoms. The average Bonchev–Trinajstić information content (AvgIpc) is 3.17. The van der Waals surface area contributed by atoms with Gasteiger partial charge in [0.25, 0.3) is 0 Å². The third-order valence-corrected chi connectivity index (χ3v) is 7.99. The Bertz CT molecular complexity index is 1700. The number of hydrogen-bond acceptors (Lipinski definition) is 0. The summed E-state index contributed by atoms with van der Waals surface area (Å²) in [4.78, 5) is 0. The SMILES string of the molecule is Cc1ccc(-n2c3ccc(-c4c(C)cc(C)cc4C)cc3c3cc(-c4c(C)cc(C)cc4C)ccc32)cc1. The van der Waals surface area contributed by atoms with Gasteiger partial charge in [0, 0.05) is 16.5 Å². The summed E-state index contributed by atoms with van der Waals surface area (Å²) in [5, 5.41) is 2.59. The first-order chi connectivity index (χ1) is 18.2. The lowest BCUT2D eigenvalue weighted by molar-refractivity contribution is 1.17. The first-order valence-electron chi connectivity index (χ1n) is 13.5. The summed E-state index contributed by atoms with van der Waals surface area (Å²) in [5.74, 6) is 0. The number of nitrogens with zero attached hydrogens (tertiary/aromatic N) is 1. The van der Waals surface area contributed by atoms with Crippen molar-refractivity contribution in [2.75, 3.05) is 0 Å². The van der Waals surface area contributed by atoms with Crippen LogP contribution in [0.3, 0.4) is 0 Å². The smallest absolute Gasteiger partial charge is 0.0541 e. The predicted molar refractivity (Wildman–Crippen MR) is 165 cm³/mol. The molecule has 0 unspecified atom stereocenters. The van der Waals surface area contributed by atoms with Crippen LogP contribution in [0.5, 0.6) is 0 Å². The standard InChI is InChI=1S/C37H35N/c1-22-8-12-31(13-9-22)38-34-14-10-29(36-25(4)16-23(2)17-26(36)5)20-32(34)33-21-30(11-15-35(33)38)37-27(6)18-24(3)19-28(37)7/h8-21H,1-7H3. The van der Waals surface area contributed by atoms with Crippen LogP contribution >= 0.6 is 0 Å². The van der Waals surface area contributed by atoms with Gasteiger partial charge in [0.05, 0.1) is 11.0 Å². The summed E-state index contributed by atoms with van der Waals surface area (Å²) in [7, 11) is 0. The Labute approximate surface area is 226 Å². The van der Waals surface area contributed by atoms with E-state index in [1.807, 2.05) is 0 Å². The van der Waals surface area contributed by atoms with Crippen molar-refractivity contribution in [2.24, 2.45) is 0 Å². The predicted octanol–water partition coefficient (Wildman–Crippen LogP) is 10.3. The van der Waals surface area contributed by atoms with Gasteiger partial charge >= 0.3 is 0 Å². The molecule has 0 saturated heterocycles. The lowest BCUT2D eigenvalue weighted by atomic mass is 9.91. The Morgan fingerprint density at radius 2 is 0.789 bits per heavy atom. The summed E-state index contributed by atoms with van der Waals surface area (Å²) >= 11 is 0. The normalized spacial score (nSPS) is 11.6. The van der Waals surface area contributed by atoms with Crippen LogP contribution in [-0.4, -0.2) is 4.57 Å². The summed E-state index contributed by atoms with van der Waals surface area (Å²) < 4.78 is 2.42. The van der Waals surface area contributed by atoms with Crippen LogP contribution in [0.15, 0.2) is 84.9 Å². The van der Waals surface area contributed by atoms with Crippen molar-refractivity contribution in [1.82, 2.24) is 4.57 Å². The van der Waals surface area contributed by atoms with Gasteiger partial charge in [-0.3, -0.25) is 0 Å². The molecule has 1 heteroatoms. The average molecular weight is 494 g/mol. The highest BCUT2D eigenvalue weighted by Gasteiger charge is 2.17. The summed E-state index contributed by atoms with van der Waals surface area (Å²) in [5.41, 5.74) is 18.1. The molecule has 1 nitrogen and oxygen atoms in total. The highest BCUT2D eigenvalue weighted by Crippen LogP contribution is 2.39. The monoisotopic (exact) mass is 493 g/mol. The lowest BCUT2D eigenvalue weighted by Crippen LogP contribution is -1.94. The molecule has 0 aliphatic heterocycles. The minimum atomic E-state index is 1.20. The molecule has 38 heavy (non-hydrogen) atoms. The Kier molecular flexibility index (Phi) is 5.76. The maximum absolute atomic E-state index is 2.42. The second kappa shape index (κ2) is 9.03. The van der Waals surface area contributed by atoms with E-state index in [0.717, 1.165) is 0 Å². The van der Waals surface area contributed by atoms with Crippen LogP contribution in [0.2, 0.25) is 0 Å². The highest BCUT2D eigenvalue weighted by molar-refractivity contribution is 6.12. The molecular weight excluding hydrogens is 458 g/mol. The van der Waals surface area contributed by atoms with Crippen LogP contribution in [0, 0.1) is 48.5 Å². The lowest BCUT2D eigenvalue weighted by Gasteiger charge is -2.13. The molecule has 6 aromatic rings. The van der Waals surface area contributed by atoms with Crippen molar-refractivity contribution in [3.8, 4) is 27.9 Å². The van der Waals surface area contributed by atoms with E-state index in [1.54, 1.807) is 0 Å². The van der Waals surface area contributed by atoms with E-state index < -0.39 is 0 Å². The minimum Gasteiger partial charge on any atom is -0.309 e. The Morgan fingerprint density at radius 3 is 1.18 bits per heavy atom. The number of hydrogen-bond donors (Lipinski definition) is 0. The van der Waals surface area contributed by atoms with Gasteiger partial charge in [0.2, 0.25) is 0 Å². The first-order valence-corrected chi connectivity index (χ1v) is 13.5. The molecule has 0 aliphatic carbocycles. The fourth-order valence-corrected chi connectivity index (χ4v) is 6.58. The molecule has 0 aliphatic rings. The van der Waals surface area contributed by atoms with E-state index in [1.165, 1.54) is 88.7 Å². The summed E-state index contributed by atoms with van der Waals surface area (Å²) in [6.45, 7) is 15.4. The van der Waals surface area contributed by atoms with Gasteiger partial charge in [-0.2, -0.15) is 0 Å². The minimum absolute atomic E-state index is 1.20. The third-order valence-electron chi connectivity index (χ3n) is 7.99. The number of aryl methyl sites for hydroxylation is 7. The number of fused-ring (bicyclic) bond motifs is 3. The Morgan fingerprint density at radius 1 is 0.395 bits per heavy atom. The van der Waals surface area contributed by atoms with E-state index in [4.69, 9.17) is 0 Å². The number of rotatable bonds is 3. The van der Waals surface area contributed by atoms with Crippen molar-refractivity contribution in [2.45, 2.75) is 48.5 Å². The number of aromatic nitrogens is 1. The van der Waals surface area contributed by atoms with Crippen molar-refractivity contribution >= 4 is 21.8 Å². The molecule has 6 rings (SSSR count). The molecular formula is C37H35N.